The Hall–Kier alpha value is -0.960. The summed E-state index contributed by atoms with van der Waals surface area (Å²) in [5.41, 5.74) is 6.43. The van der Waals surface area contributed by atoms with Crippen LogP contribution in [0.25, 0.3) is 0 Å². The SMILES string of the molecule is NCCC1(c2ccc(F)c(F)c2)CC1. The predicted octanol–water partition coefficient (Wildman–Crippen LogP) is 2.35. The first kappa shape index (κ1) is 9.59. The monoisotopic (exact) mass is 197 g/mol. The number of halogens is 2. The highest BCUT2D eigenvalue weighted by atomic mass is 19.2. The van der Waals surface area contributed by atoms with E-state index < -0.39 is 11.6 Å². The van der Waals surface area contributed by atoms with Crippen LogP contribution in [-0.2, 0) is 5.41 Å². The quantitative estimate of drug-likeness (QED) is 0.790. The number of hydrogen-bond acceptors (Lipinski definition) is 1. The predicted molar refractivity (Wildman–Crippen MR) is 50.9 cm³/mol. The average Bonchev–Trinajstić information content (AvgIpc) is 2.91. The Morgan fingerprint density at radius 2 is 1.93 bits per heavy atom. The molecule has 0 bridgehead atoms. The van der Waals surface area contributed by atoms with E-state index in [1.165, 1.54) is 12.1 Å². The molecular formula is C11H13F2N. The van der Waals surface area contributed by atoms with Crippen molar-refractivity contribution in [2.45, 2.75) is 24.7 Å². The van der Waals surface area contributed by atoms with Crippen molar-refractivity contribution in [2.75, 3.05) is 6.54 Å². The number of benzene rings is 1. The minimum absolute atomic E-state index is 0.0449. The third-order valence-electron chi connectivity index (χ3n) is 3.01. The molecule has 0 spiro atoms. The van der Waals surface area contributed by atoms with Crippen LogP contribution >= 0.6 is 0 Å². The van der Waals surface area contributed by atoms with Gasteiger partial charge in [-0.2, -0.15) is 0 Å². The summed E-state index contributed by atoms with van der Waals surface area (Å²) in [6.45, 7) is 0.596. The molecule has 1 aliphatic rings. The van der Waals surface area contributed by atoms with E-state index in [-0.39, 0.29) is 5.41 Å². The van der Waals surface area contributed by atoms with Crippen molar-refractivity contribution >= 4 is 0 Å². The van der Waals surface area contributed by atoms with Gasteiger partial charge in [0.2, 0.25) is 0 Å². The smallest absolute Gasteiger partial charge is 0.159 e. The van der Waals surface area contributed by atoms with Crippen LogP contribution in [-0.4, -0.2) is 6.54 Å². The van der Waals surface area contributed by atoms with E-state index >= 15 is 0 Å². The van der Waals surface area contributed by atoms with Crippen LogP contribution in [0.3, 0.4) is 0 Å². The van der Waals surface area contributed by atoms with Crippen LogP contribution < -0.4 is 5.73 Å². The largest absolute Gasteiger partial charge is 0.330 e. The molecule has 0 unspecified atom stereocenters. The summed E-state index contributed by atoms with van der Waals surface area (Å²) in [7, 11) is 0. The van der Waals surface area contributed by atoms with Gasteiger partial charge in [0.1, 0.15) is 0 Å². The van der Waals surface area contributed by atoms with Gasteiger partial charge in [0, 0.05) is 0 Å². The number of rotatable bonds is 3. The molecule has 1 fully saturated rings. The summed E-state index contributed by atoms with van der Waals surface area (Å²) in [5.74, 6) is -1.54. The van der Waals surface area contributed by atoms with Crippen LogP contribution in [0.4, 0.5) is 8.78 Å². The van der Waals surface area contributed by atoms with Crippen LogP contribution in [0.2, 0.25) is 0 Å². The second-order valence-electron chi connectivity index (χ2n) is 3.95. The van der Waals surface area contributed by atoms with Crippen LogP contribution in [0.1, 0.15) is 24.8 Å². The van der Waals surface area contributed by atoms with Gasteiger partial charge in [-0.15, -0.1) is 0 Å². The molecule has 0 amide bonds. The third-order valence-corrected chi connectivity index (χ3v) is 3.01. The zero-order chi connectivity index (χ0) is 10.2. The maximum Gasteiger partial charge on any atom is 0.159 e. The molecule has 0 aliphatic heterocycles. The Morgan fingerprint density at radius 3 is 2.43 bits per heavy atom. The van der Waals surface area contributed by atoms with Crippen LogP contribution in [0.15, 0.2) is 18.2 Å². The Labute approximate surface area is 81.9 Å². The Bertz CT molecular complexity index is 345. The summed E-state index contributed by atoms with van der Waals surface area (Å²) in [6.07, 6.45) is 2.93. The molecule has 0 atom stereocenters. The van der Waals surface area contributed by atoms with E-state index in [9.17, 15) is 8.78 Å². The highest BCUT2D eigenvalue weighted by Crippen LogP contribution is 2.50. The number of hydrogen-bond donors (Lipinski definition) is 1. The van der Waals surface area contributed by atoms with Crippen molar-refractivity contribution in [1.82, 2.24) is 0 Å². The summed E-state index contributed by atoms with van der Waals surface area (Å²) in [6, 6.07) is 4.17. The molecule has 3 heteroatoms. The molecule has 2 N–H and O–H groups in total. The van der Waals surface area contributed by atoms with Gasteiger partial charge in [-0.1, -0.05) is 6.07 Å². The van der Waals surface area contributed by atoms with Gasteiger partial charge in [-0.3, -0.25) is 0 Å². The van der Waals surface area contributed by atoms with Gasteiger partial charge in [0.25, 0.3) is 0 Å². The first-order valence-electron chi connectivity index (χ1n) is 4.83. The Balaban J connectivity index is 2.28. The van der Waals surface area contributed by atoms with Crippen molar-refractivity contribution in [1.29, 1.82) is 0 Å². The lowest BCUT2D eigenvalue weighted by molar-refractivity contribution is 0.502. The van der Waals surface area contributed by atoms with E-state index in [0.717, 1.165) is 24.8 Å². The molecule has 14 heavy (non-hydrogen) atoms. The fraction of sp³-hybridized carbons (Fsp3) is 0.455. The van der Waals surface area contributed by atoms with Crippen molar-refractivity contribution in [3.8, 4) is 0 Å². The molecular weight excluding hydrogens is 184 g/mol. The first-order valence-corrected chi connectivity index (χ1v) is 4.83. The van der Waals surface area contributed by atoms with Gasteiger partial charge in [0.15, 0.2) is 11.6 Å². The second kappa shape index (κ2) is 3.31. The Kier molecular flexibility index (Phi) is 2.27. The highest BCUT2D eigenvalue weighted by molar-refractivity contribution is 5.32. The van der Waals surface area contributed by atoms with E-state index in [1.54, 1.807) is 6.07 Å². The summed E-state index contributed by atoms with van der Waals surface area (Å²) in [5, 5.41) is 0. The second-order valence-corrected chi connectivity index (χ2v) is 3.95. The molecule has 0 radical (unpaired) electrons. The molecule has 1 aliphatic carbocycles. The van der Waals surface area contributed by atoms with Gasteiger partial charge in [0.05, 0.1) is 0 Å². The Morgan fingerprint density at radius 1 is 1.21 bits per heavy atom. The lowest BCUT2D eigenvalue weighted by atomic mass is 9.92. The van der Waals surface area contributed by atoms with E-state index in [1.807, 2.05) is 0 Å². The molecule has 1 saturated carbocycles. The number of nitrogens with two attached hydrogens (primary N) is 1. The molecule has 1 aromatic carbocycles. The molecule has 0 saturated heterocycles. The summed E-state index contributed by atoms with van der Waals surface area (Å²) < 4.78 is 25.7. The minimum Gasteiger partial charge on any atom is -0.330 e. The van der Waals surface area contributed by atoms with Gasteiger partial charge in [-0.25, -0.2) is 8.78 Å². The molecule has 1 nitrogen and oxygen atoms in total. The van der Waals surface area contributed by atoms with Gasteiger partial charge in [-0.05, 0) is 48.9 Å². The maximum atomic E-state index is 13.0. The van der Waals surface area contributed by atoms with E-state index in [0.29, 0.717) is 6.54 Å². The van der Waals surface area contributed by atoms with Crippen molar-refractivity contribution in [3.05, 3.63) is 35.4 Å². The fourth-order valence-electron chi connectivity index (χ4n) is 1.94. The fourth-order valence-corrected chi connectivity index (χ4v) is 1.94. The topological polar surface area (TPSA) is 26.0 Å². The third kappa shape index (κ3) is 1.52. The summed E-state index contributed by atoms with van der Waals surface area (Å²) >= 11 is 0. The van der Waals surface area contributed by atoms with Crippen molar-refractivity contribution < 1.29 is 8.78 Å². The average molecular weight is 197 g/mol. The molecule has 0 aromatic heterocycles. The van der Waals surface area contributed by atoms with Gasteiger partial charge < -0.3 is 5.73 Å². The lowest BCUT2D eigenvalue weighted by Gasteiger charge is -2.14. The van der Waals surface area contributed by atoms with Gasteiger partial charge >= 0.3 is 0 Å². The summed E-state index contributed by atoms with van der Waals surface area (Å²) in [4.78, 5) is 0. The van der Waals surface area contributed by atoms with Crippen LogP contribution in [0.5, 0.6) is 0 Å². The van der Waals surface area contributed by atoms with Crippen molar-refractivity contribution in [2.24, 2.45) is 5.73 Å². The minimum atomic E-state index is -0.780. The zero-order valence-electron chi connectivity index (χ0n) is 7.89. The first-order chi connectivity index (χ1) is 6.68. The lowest BCUT2D eigenvalue weighted by Crippen LogP contribution is -2.13. The zero-order valence-corrected chi connectivity index (χ0v) is 7.89. The molecule has 0 heterocycles. The molecule has 2 rings (SSSR count). The molecule has 76 valence electrons. The normalized spacial score (nSPS) is 18.2. The van der Waals surface area contributed by atoms with E-state index in [4.69, 9.17) is 5.73 Å². The van der Waals surface area contributed by atoms with E-state index in [2.05, 4.69) is 0 Å². The van der Waals surface area contributed by atoms with Crippen molar-refractivity contribution in [3.63, 3.8) is 0 Å². The maximum absolute atomic E-state index is 13.0. The standard InChI is InChI=1S/C11H13F2N/c12-9-2-1-8(7-10(9)13)11(3-4-11)5-6-14/h1-2,7H,3-6,14H2. The van der Waals surface area contributed by atoms with Crippen LogP contribution in [0, 0.1) is 11.6 Å². The molecule has 1 aromatic rings. The highest BCUT2D eigenvalue weighted by Gasteiger charge is 2.43.